The van der Waals surface area contributed by atoms with Crippen LogP contribution in [0.4, 0.5) is 0 Å². The molecule has 1 unspecified atom stereocenters. The van der Waals surface area contributed by atoms with Crippen molar-refractivity contribution in [2.75, 3.05) is 47.6 Å². The summed E-state index contributed by atoms with van der Waals surface area (Å²) in [6.45, 7) is 5.12. The quantitative estimate of drug-likeness (QED) is 0.0790. The Morgan fingerprint density at radius 1 is 0.735 bits per heavy atom. The van der Waals surface area contributed by atoms with Crippen LogP contribution in [-0.2, 0) is 19.0 Å². The standard InChI is InChI=1S/C29H55NO4/c1-5-6-7-8-9-10-11-12-13-14-15-16-17-18-19-21-24-33-26-28(30(2)3)27-34-25-22-20-23-29(31)32-4/h9-10,12-13,28H,5-8,11,14-27H2,1-4H3/b10-9-,13-12-. The molecule has 5 nitrogen and oxygen atoms in total. The predicted molar refractivity (Wildman–Crippen MR) is 144 cm³/mol. The molecule has 0 aliphatic rings. The summed E-state index contributed by atoms with van der Waals surface area (Å²) in [4.78, 5) is 13.3. The van der Waals surface area contributed by atoms with Crippen molar-refractivity contribution in [1.29, 1.82) is 0 Å². The van der Waals surface area contributed by atoms with E-state index < -0.39 is 0 Å². The minimum atomic E-state index is -0.149. The number of nitrogens with zero attached hydrogens (tertiary/aromatic N) is 1. The Labute approximate surface area is 211 Å². The van der Waals surface area contributed by atoms with Gasteiger partial charge in [-0.1, -0.05) is 69.8 Å². The highest BCUT2D eigenvalue weighted by Crippen LogP contribution is 2.09. The van der Waals surface area contributed by atoms with Gasteiger partial charge in [0.1, 0.15) is 0 Å². The lowest BCUT2D eigenvalue weighted by Crippen LogP contribution is -2.37. The van der Waals surface area contributed by atoms with Gasteiger partial charge in [0, 0.05) is 19.6 Å². The van der Waals surface area contributed by atoms with Crippen LogP contribution in [-0.4, -0.2) is 64.5 Å². The van der Waals surface area contributed by atoms with Crippen LogP contribution in [0.3, 0.4) is 0 Å². The van der Waals surface area contributed by atoms with Crippen LogP contribution < -0.4 is 0 Å². The van der Waals surface area contributed by atoms with Crippen LogP contribution in [0.2, 0.25) is 0 Å². The molecule has 0 saturated carbocycles. The fourth-order valence-electron chi connectivity index (χ4n) is 3.55. The maximum atomic E-state index is 11.1. The predicted octanol–water partition coefficient (Wildman–Crippen LogP) is 7.11. The van der Waals surface area contributed by atoms with E-state index in [4.69, 9.17) is 9.47 Å². The molecule has 0 radical (unpaired) electrons. The fraction of sp³-hybridized carbons (Fsp3) is 0.828. The van der Waals surface area contributed by atoms with Gasteiger partial charge in [0.25, 0.3) is 0 Å². The second-order valence-corrected chi connectivity index (χ2v) is 9.38. The molecular formula is C29H55NO4. The molecule has 34 heavy (non-hydrogen) atoms. The zero-order valence-electron chi connectivity index (χ0n) is 22.9. The highest BCUT2D eigenvalue weighted by Gasteiger charge is 2.12. The fourth-order valence-corrected chi connectivity index (χ4v) is 3.55. The molecule has 0 spiro atoms. The SMILES string of the molecule is CCCCC/C=C\C/C=C\CCCCCCCCOCC(COCCCCC(=O)OC)N(C)C. The molecule has 0 aliphatic carbocycles. The van der Waals surface area contributed by atoms with Gasteiger partial charge in [-0.3, -0.25) is 4.79 Å². The number of unbranched alkanes of at least 4 members (excludes halogenated alkanes) is 10. The third-order valence-electron chi connectivity index (χ3n) is 5.99. The summed E-state index contributed by atoms with van der Waals surface area (Å²) >= 11 is 0. The van der Waals surface area contributed by atoms with E-state index in [1.165, 1.54) is 71.3 Å². The van der Waals surface area contributed by atoms with Crippen molar-refractivity contribution in [2.45, 2.75) is 109 Å². The minimum absolute atomic E-state index is 0.149. The average Bonchev–Trinajstić information content (AvgIpc) is 2.83. The lowest BCUT2D eigenvalue weighted by Gasteiger charge is -2.24. The van der Waals surface area contributed by atoms with Crippen molar-refractivity contribution in [3.05, 3.63) is 24.3 Å². The van der Waals surface area contributed by atoms with Gasteiger partial charge in [0.2, 0.25) is 0 Å². The molecule has 0 heterocycles. The highest BCUT2D eigenvalue weighted by molar-refractivity contribution is 5.68. The van der Waals surface area contributed by atoms with Gasteiger partial charge >= 0.3 is 5.97 Å². The van der Waals surface area contributed by atoms with Gasteiger partial charge in [-0.15, -0.1) is 0 Å². The Hall–Kier alpha value is -1.17. The number of ether oxygens (including phenoxy) is 3. The molecule has 0 amide bonds. The number of carbonyl (C=O) groups is 1. The molecule has 0 aromatic carbocycles. The second kappa shape index (κ2) is 26.4. The van der Waals surface area contributed by atoms with Crippen LogP contribution in [0.1, 0.15) is 103 Å². The number of hydrogen-bond donors (Lipinski definition) is 0. The van der Waals surface area contributed by atoms with Crippen molar-refractivity contribution in [3.8, 4) is 0 Å². The van der Waals surface area contributed by atoms with Crippen LogP contribution >= 0.6 is 0 Å². The van der Waals surface area contributed by atoms with Gasteiger partial charge in [-0.05, 0) is 65.5 Å². The molecule has 0 aromatic rings. The largest absolute Gasteiger partial charge is 0.469 e. The lowest BCUT2D eigenvalue weighted by atomic mass is 10.1. The maximum Gasteiger partial charge on any atom is 0.305 e. The van der Waals surface area contributed by atoms with Crippen molar-refractivity contribution in [1.82, 2.24) is 4.90 Å². The zero-order valence-corrected chi connectivity index (χ0v) is 22.9. The topological polar surface area (TPSA) is 48.0 Å². The molecule has 0 rings (SSSR count). The number of likely N-dealkylation sites (N-methyl/N-ethyl adjacent to an activating group) is 1. The molecular weight excluding hydrogens is 426 g/mol. The molecule has 0 aromatic heterocycles. The summed E-state index contributed by atoms with van der Waals surface area (Å²) in [6, 6.07) is 0.269. The minimum Gasteiger partial charge on any atom is -0.469 e. The molecule has 0 aliphatic heterocycles. The molecule has 0 N–H and O–H groups in total. The van der Waals surface area contributed by atoms with Crippen molar-refractivity contribution < 1.29 is 19.0 Å². The Morgan fingerprint density at radius 3 is 1.82 bits per heavy atom. The molecule has 0 bridgehead atoms. The molecule has 0 fully saturated rings. The number of hydrogen-bond acceptors (Lipinski definition) is 5. The van der Waals surface area contributed by atoms with Crippen molar-refractivity contribution >= 4 is 5.97 Å². The van der Waals surface area contributed by atoms with E-state index in [0.29, 0.717) is 26.2 Å². The van der Waals surface area contributed by atoms with Gasteiger partial charge in [-0.25, -0.2) is 0 Å². The van der Waals surface area contributed by atoms with Crippen LogP contribution in [0.5, 0.6) is 0 Å². The number of rotatable bonds is 25. The van der Waals surface area contributed by atoms with E-state index in [9.17, 15) is 4.79 Å². The van der Waals surface area contributed by atoms with E-state index >= 15 is 0 Å². The second-order valence-electron chi connectivity index (χ2n) is 9.38. The lowest BCUT2D eigenvalue weighted by molar-refractivity contribution is -0.140. The number of esters is 1. The monoisotopic (exact) mass is 481 g/mol. The third-order valence-corrected chi connectivity index (χ3v) is 5.99. The molecule has 0 saturated heterocycles. The van der Waals surface area contributed by atoms with E-state index in [1.807, 2.05) is 0 Å². The van der Waals surface area contributed by atoms with Crippen LogP contribution in [0.15, 0.2) is 24.3 Å². The Bertz CT molecular complexity index is 491. The Morgan fingerprint density at radius 2 is 1.26 bits per heavy atom. The molecule has 5 heteroatoms. The first kappa shape index (κ1) is 32.8. The number of carbonyl (C=O) groups excluding carboxylic acids is 1. The smallest absolute Gasteiger partial charge is 0.305 e. The van der Waals surface area contributed by atoms with E-state index in [2.05, 4.69) is 55.0 Å². The first-order chi connectivity index (χ1) is 16.6. The van der Waals surface area contributed by atoms with E-state index in [-0.39, 0.29) is 12.0 Å². The zero-order chi connectivity index (χ0) is 25.1. The van der Waals surface area contributed by atoms with E-state index in [0.717, 1.165) is 32.3 Å². The summed E-state index contributed by atoms with van der Waals surface area (Å²) in [5.74, 6) is -0.149. The number of methoxy groups -OCH3 is 1. The summed E-state index contributed by atoms with van der Waals surface area (Å²) in [5.41, 5.74) is 0. The number of allylic oxidation sites excluding steroid dienone is 4. The average molecular weight is 482 g/mol. The summed E-state index contributed by atoms with van der Waals surface area (Å²) in [7, 11) is 5.56. The summed E-state index contributed by atoms with van der Waals surface area (Å²) in [5, 5.41) is 0. The highest BCUT2D eigenvalue weighted by atomic mass is 16.5. The van der Waals surface area contributed by atoms with Crippen molar-refractivity contribution in [2.24, 2.45) is 0 Å². The van der Waals surface area contributed by atoms with Gasteiger partial charge in [0.15, 0.2) is 0 Å². The normalized spacial score (nSPS) is 12.9. The van der Waals surface area contributed by atoms with Gasteiger partial charge in [-0.2, -0.15) is 0 Å². The summed E-state index contributed by atoms with van der Waals surface area (Å²) < 4.78 is 16.3. The van der Waals surface area contributed by atoms with Gasteiger partial charge in [0.05, 0.1) is 26.4 Å². The Kier molecular flexibility index (Phi) is 25.5. The molecule has 1 atom stereocenters. The van der Waals surface area contributed by atoms with Crippen LogP contribution in [0, 0.1) is 0 Å². The summed E-state index contributed by atoms with van der Waals surface area (Å²) in [6.07, 6.45) is 26.6. The third kappa shape index (κ3) is 24.0. The van der Waals surface area contributed by atoms with Crippen molar-refractivity contribution in [3.63, 3.8) is 0 Å². The first-order valence-electron chi connectivity index (χ1n) is 13.8. The Balaban J connectivity index is 3.48. The van der Waals surface area contributed by atoms with Gasteiger partial charge < -0.3 is 19.1 Å². The van der Waals surface area contributed by atoms with Crippen LogP contribution in [0.25, 0.3) is 0 Å². The maximum absolute atomic E-state index is 11.1. The van der Waals surface area contributed by atoms with E-state index in [1.54, 1.807) is 0 Å². The first-order valence-corrected chi connectivity index (χ1v) is 13.8. The molecule has 200 valence electrons.